The third-order valence-electron chi connectivity index (χ3n) is 3.34. The predicted molar refractivity (Wildman–Crippen MR) is 82.7 cm³/mol. The Morgan fingerprint density at radius 1 is 1.43 bits per heavy atom. The van der Waals surface area contributed by atoms with E-state index in [1.807, 2.05) is 13.8 Å². The SMILES string of the molecule is C=C(C)C(=O)OC1CCC(CCOOC(C)(C)Br)CC1O. The van der Waals surface area contributed by atoms with E-state index in [4.69, 9.17) is 14.5 Å². The maximum atomic E-state index is 11.5. The van der Waals surface area contributed by atoms with Gasteiger partial charge in [0.25, 0.3) is 0 Å². The summed E-state index contributed by atoms with van der Waals surface area (Å²) >= 11 is 3.31. The zero-order valence-electron chi connectivity index (χ0n) is 12.9. The van der Waals surface area contributed by atoms with Crippen LogP contribution in [-0.2, 0) is 19.3 Å². The molecule has 0 aliphatic heterocycles. The molecule has 1 aliphatic carbocycles. The van der Waals surface area contributed by atoms with Crippen molar-refractivity contribution in [2.24, 2.45) is 5.92 Å². The average molecular weight is 365 g/mol. The summed E-state index contributed by atoms with van der Waals surface area (Å²) in [6.45, 7) is 9.31. The molecule has 0 heterocycles. The van der Waals surface area contributed by atoms with Crippen LogP contribution in [0, 0.1) is 5.92 Å². The minimum Gasteiger partial charge on any atom is -0.456 e. The summed E-state index contributed by atoms with van der Waals surface area (Å²) in [5, 5.41) is 10.1. The molecule has 3 unspecified atom stereocenters. The molecule has 122 valence electrons. The van der Waals surface area contributed by atoms with E-state index < -0.39 is 22.7 Å². The Bertz CT molecular complexity index is 364. The second-order valence-electron chi connectivity index (χ2n) is 6.03. The van der Waals surface area contributed by atoms with Gasteiger partial charge in [-0.05, 0) is 52.4 Å². The molecule has 0 bridgehead atoms. The van der Waals surface area contributed by atoms with Crippen LogP contribution in [0.25, 0.3) is 0 Å². The molecule has 6 heteroatoms. The highest BCUT2D eigenvalue weighted by Gasteiger charge is 2.31. The van der Waals surface area contributed by atoms with E-state index in [0.717, 1.165) is 12.8 Å². The molecular formula is C15H25BrO5. The fourth-order valence-electron chi connectivity index (χ4n) is 2.24. The van der Waals surface area contributed by atoms with Crippen LogP contribution >= 0.6 is 15.9 Å². The Hall–Kier alpha value is -0.430. The number of hydrogen-bond donors (Lipinski definition) is 1. The van der Waals surface area contributed by atoms with E-state index in [1.165, 1.54) is 0 Å². The molecule has 1 N–H and O–H groups in total. The molecule has 1 rings (SSSR count). The lowest BCUT2D eigenvalue weighted by molar-refractivity contribution is -0.327. The van der Waals surface area contributed by atoms with Crippen molar-refractivity contribution >= 4 is 21.9 Å². The highest BCUT2D eigenvalue weighted by atomic mass is 79.9. The Morgan fingerprint density at radius 3 is 2.62 bits per heavy atom. The van der Waals surface area contributed by atoms with Gasteiger partial charge in [0.15, 0.2) is 4.51 Å². The van der Waals surface area contributed by atoms with E-state index in [-0.39, 0.29) is 0 Å². The van der Waals surface area contributed by atoms with Crippen LogP contribution in [0.2, 0.25) is 0 Å². The fraction of sp³-hybridized carbons (Fsp3) is 0.800. The van der Waals surface area contributed by atoms with Gasteiger partial charge in [-0.15, -0.1) is 0 Å². The summed E-state index contributed by atoms with van der Waals surface area (Å²) < 4.78 is 4.73. The van der Waals surface area contributed by atoms with Gasteiger partial charge in [0, 0.05) is 5.57 Å². The molecule has 5 nitrogen and oxygen atoms in total. The highest BCUT2D eigenvalue weighted by molar-refractivity contribution is 9.10. The van der Waals surface area contributed by atoms with E-state index in [2.05, 4.69) is 22.5 Å². The first kappa shape index (κ1) is 18.6. The summed E-state index contributed by atoms with van der Waals surface area (Å²) in [6.07, 6.45) is 1.92. The molecule has 0 aromatic carbocycles. The molecule has 1 aliphatic rings. The summed E-state index contributed by atoms with van der Waals surface area (Å²) in [4.78, 5) is 21.7. The first-order chi connectivity index (χ1) is 9.69. The molecule has 0 spiro atoms. The molecule has 3 atom stereocenters. The van der Waals surface area contributed by atoms with Crippen molar-refractivity contribution in [2.75, 3.05) is 6.61 Å². The van der Waals surface area contributed by atoms with Crippen molar-refractivity contribution in [3.63, 3.8) is 0 Å². The third kappa shape index (κ3) is 7.40. The van der Waals surface area contributed by atoms with Crippen LogP contribution in [0.3, 0.4) is 0 Å². The van der Waals surface area contributed by atoms with Crippen molar-refractivity contribution in [3.05, 3.63) is 12.2 Å². The van der Waals surface area contributed by atoms with E-state index in [1.54, 1.807) is 6.92 Å². The van der Waals surface area contributed by atoms with E-state index in [9.17, 15) is 9.90 Å². The Kier molecular flexibility index (Phi) is 7.33. The van der Waals surface area contributed by atoms with Gasteiger partial charge < -0.3 is 9.84 Å². The number of carbonyl (C=O) groups excluding carboxylic acids is 1. The summed E-state index contributed by atoms with van der Waals surface area (Å²) in [5.74, 6) is -0.0874. The molecule has 0 amide bonds. The average Bonchev–Trinajstić information content (AvgIpc) is 2.36. The van der Waals surface area contributed by atoms with Crippen molar-refractivity contribution in [2.45, 2.75) is 63.2 Å². The highest BCUT2D eigenvalue weighted by Crippen LogP contribution is 2.29. The normalized spacial score (nSPS) is 26.4. The topological polar surface area (TPSA) is 65.0 Å². The number of carbonyl (C=O) groups is 1. The number of ether oxygens (including phenoxy) is 1. The van der Waals surface area contributed by atoms with Gasteiger partial charge >= 0.3 is 5.97 Å². The Balaban J connectivity index is 2.26. The number of aliphatic hydroxyl groups excluding tert-OH is 1. The first-order valence-corrected chi connectivity index (χ1v) is 8.02. The summed E-state index contributed by atoms with van der Waals surface area (Å²) in [6, 6.07) is 0. The Morgan fingerprint density at radius 2 is 2.10 bits per heavy atom. The van der Waals surface area contributed by atoms with Crippen LogP contribution in [0.4, 0.5) is 0 Å². The number of alkyl halides is 1. The largest absolute Gasteiger partial charge is 0.456 e. The summed E-state index contributed by atoms with van der Waals surface area (Å²) in [5.41, 5.74) is 0.354. The van der Waals surface area contributed by atoms with Gasteiger partial charge in [-0.2, -0.15) is 0 Å². The van der Waals surface area contributed by atoms with Crippen LogP contribution in [0.1, 0.15) is 46.5 Å². The molecule has 1 saturated carbocycles. The van der Waals surface area contributed by atoms with E-state index in [0.29, 0.717) is 30.9 Å². The maximum absolute atomic E-state index is 11.5. The second kappa shape index (κ2) is 8.27. The standard InChI is InChI=1S/C15H25BrO5/c1-10(2)14(18)20-13-6-5-11(9-12(13)17)7-8-19-21-15(3,4)16/h11-13,17H,1,5-9H2,2-4H3. The van der Waals surface area contributed by atoms with Gasteiger partial charge in [-0.3, -0.25) is 0 Å². The number of aliphatic hydroxyl groups is 1. The van der Waals surface area contributed by atoms with Gasteiger partial charge in [0.2, 0.25) is 0 Å². The second-order valence-corrected chi connectivity index (χ2v) is 7.94. The zero-order chi connectivity index (χ0) is 16.0. The molecule has 0 radical (unpaired) electrons. The zero-order valence-corrected chi connectivity index (χ0v) is 14.5. The van der Waals surface area contributed by atoms with Crippen molar-refractivity contribution in [3.8, 4) is 0 Å². The number of rotatable bonds is 7. The van der Waals surface area contributed by atoms with Gasteiger partial charge in [-0.25, -0.2) is 14.6 Å². The van der Waals surface area contributed by atoms with Crippen LogP contribution in [0.15, 0.2) is 12.2 Å². The molecule has 0 aromatic rings. The lowest BCUT2D eigenvalue weighted by atomic mass is 9.83. The fourth-order valence-corrected chi connectivity index (χ4v) is 2.33. The van der Waals surface area contributed by atoms with Crippen molar-refractivity contribution < 1.29 is 24.4 Å². The number of halogens is 1. The van der Waals surface area contributed by atoms with E-state index >= 15 is 0 Å². The number of hydrogen-bond acceptors (Lipinski definition) is 5. The molecular weight excluding hydrogens is 340 g/mol. The Labute approximate surface area is 134 Å². The minimum absolute atomic E-state index is 0.349. The first-order valence-electron chi connectivity index (χ1n) is 7.23. The lowest BCUT2D eigenvalue weighted by Crippen LogP contribution is -2.37. The molecule has 0 saturated heterocycles. The third-order valence-corrected chi connectivity index (χ3v) is 3.47. The van der Waals surface area contributed by atoms with Crippen LogP contribution in [0.5, 0.6) is 0 Å². The van der Waals surface area contributed by atoms with Crippen molar-refractivity contribution in [1.82, 2.24) is 0 Å². The predicted octanol–water partition coefficient (Wildman–Crippen LogP) is 3.10. The smallest absolute Gasteiger partial charge is 0.333 e. The monoisotopic (exact) mass is 364 g/mol. The minimum atomic E-state index is -0.624. The molecule has 1 fully saturated rings. The lowest BCUT2D eigenvalue weighted by Gasteiger charge is -2.32. The van der Waals surface area contributed by atoms with Gasteiger partial charge in [0.1, 0.15) is 6.10 Å². The maximum Gasteiger partial charge on any atom is 0.333 e. The summed E-state index contributed by atoms with van der Waals surface area (Å²) in [7, 11) is 0. The van der Waals surface area contributed by atoms with Gasteiger partial charge in [0.05, 0.1) is 12.7 Å². The molecule has 21 heavy (non-hydrogen) atoms. The molecule has 0 aromatic heterocycles. The quantitative estimate of drug-likeness (QED) is 0.188. The van der Waals surface area contributed by atoms with Crippen LogP contribution in [-0.4, -0.2) is 34.4 Å². The van der Waals surface area contributed by atoms with Gasteiger partial charge in [-0.1, -0.05) is 22.5 Å². The van der Waals surface area contributed by atoms with Crippen molar-refractivity contribution in [1.29, 1.82) is 0 Å². The number of esters is 1. The van der Waals surface area contributed by atoms with Crippen LogP contribution < -0.4 is 0 Å².